The summed E-state index contributed by atoms with van der Waals surface area (Å²) in [5.41, 5.74) is 0.990. The minimum absolute atomic E-state index is 0.164. The Balaban J connectivity index is 2.41. The van der Waals surface area contributed by atoms with Gasteiger partial charge in [0.25, 0.3) is 0 Å². The van der Waals surface area contributed by atoms with Crippen LogP contribution in [0.5, 0.6) is 0 Å². The van der Waals surface area contributed by atoms with Gasteiger partial charge in [-0.25, -0.2) is 4.79 Å². The van der Waals surface area contributed by atoms with E-state index < -0.39 is 5.97 Å². The molecule has 122 valence electrons. The Kier molecular flexibility index (Phi) is 6.17. The van der Waals surface area contributed by atoms with Crippen molar-refractivity contribution in [3.05, 3.63) is 68.8 Å². The van der Waals surface area contributed by atoms with Crippen molar-refractivity contribution in [3.63, 3.8) is 0 Å². The predicted octanol–water partition coefficient (Wildman–Crippen LogP) is 5.09. The summed E-state index contributed by atoms with van der Waals surface area (Å²) < 4.78 is 0. The smallest absolute Gasteiger partial charge is 0.335 e. The maximum absolute atomic E-state index is 11.6. The molecule has 1 heterocycles. The summed E-state index contributed by atoms with van der Waals surface area (Å²) in [5, 5.41) is 10.8. The van der Waals surface area contributed by atoms with Crippen LogP contribution in [0.15, 0.2) is 53.2 Å². The molecule has 3 nitrogen and oxygen atoms in total. The highest BCUT2D eigenvalue weighted by molar-refractivity contribution is 6.35. The van der Waals surface area contributed by atoms with Gasteiger partial charge in [0, 0.05) is 29.1 Å². The van der Waals surface area contributed by atoms with Crippen LogP contribution in [0.1, 0.15) is 12.5 Å². The molecule has 1 aromatic carbocycles. The molecule has 0 bridgehead atoms. The van der Waals surface area contributed by atoms with Gasteiger partial charge in [0.1, 0.15) is 5.16 Å². The van der Waals surface area contributed by atoms with E-state index in [0.717, 1.165) is 5.56 Å². The summed E-state index contributed by atoms with van der Waals surface area (Å²) in [4.78, 5) is 13.4. The molecule has 1 aliphatic rings. The molecule has 0 fully saturated rings. The van der Waals surface area contributed by atoms with Crippen LogP contribution >= 0.6 is 34.8 Å². The minimum Gasteiger partial charge on any atom is -0.478 e. The fraction of sp³-hybridized carbons (Fsp3) is 0.235. The molecule has 0 aliphatic carbocycles. The minimum atomic E-state index is -1.03. The lowest BCUT2D eigenvalue weighted by molar-refractivity contribution is -0.133. The summed E-state index contributed by atoms with van der Waals surface area (Å²) >= 11 is 18.5. The van der Waals surface area contributed by atoms with Crippen LogP contribution in [0.3, 0.4) is 0 Å². The zero-order chi connectivity index (χ0) is 17.0. The van der Waals surface area contributed by atoms with Crippen molar-refractivity contribution >= 4 is 40.8 Å². The van der Waals surface area contributed by atoms with Crippen LogP contribution < -0.4 is 0 Å². The van der Waals surface area contributed by atoms with E-state index >= 15 is 0 Å². The number of benzene rings is 1. The van der Waals surface area contributed by atoms with E-state index in [1.807, 2.05) is 24.3 Å². The first kappa shape index (κ1) is 17.9. The normalized spacial score (nSPS) is 24.5. The molecule has 1 unspecified atom stereocenters. The third kappa shape index (κ3) is 4.54. The van der Waals surface area contributed by atoms with Crippen LogP contribution in [0, 0.1) is 5.92 Å². The number of nitrogens with zero attached hydrogens (tertiary/aromatic N) is 1. The van der Waals surface area contributed by atoms with Crippen molar-refractivity contribution < 1.29 is 9.90 Å². The number of carboxylic acid groups (broad SMARTS) is 1. The maximum Gasteiger partial charge on any atom is 0.335 e. The van der Waals surface area contributed by atoms with E-state index in [1.165, 1.54) is 0 Å². The van der Waals surface area contributed by atoms with Gasteiger partial charge in [-0.1, -0.05) is 72.1 Å². The van der Waals surface area contributed by atoms with Crippen molar-refractivity contribution in [1.82, 2.24) is 4.90 Å². The Hall–Kier alpha value is -1.42. The Morgan fingerprint density at radius 3 is 2.70 bits per heavy atom. The largest absolute Gasteiger partial charge is 0.478 e. The molecule has 1 aromatic rings. The molecule has 6 heteroatoms. The predicted molar refractivity (Wildman–Crippen MR) is 94.8 cm³/mol. The van der Waals surface area contributed by atoms with E-state index in [9.17, 15) is 9.90 Å². The van der Waals surface area contributed by atoms with Gasteiger partial charge in [0.05, 0.1) is 5.57 Å². The summed E-state index contributed by atoms with van der Waals surface area (Å²) in [5.74, 6) is -1.33. The summed E-state index contributed by atoms with van der Waals surface area (Å²) in [6.45, 7) is 2.67. The van der Waals surface area contributed by atoms with Crippen LogP contribution in [-0.2, 0) is 11.3 Å². The molecule has 0 saturated heterocycles. The molecule has 0 radical (unpaired) electrons. The lowest BCUT2D eigenvalue weighted by atomic mass is 10.0. The zero-order valence-corrected chi connectivity index (χ0v) is 14.7. The first-order valence-corrected chi connectivity index (χ1v) is 8.18. The number of allylic oxidation sites excluding steroid dienone is 3. The molecule has 1 atom stereocenters. The molecular weight excluding hydrogens is 357 g/mol. The van der Waals surface area contributed by atoms with Gasteiger partial charge in [-0.05, 0) is 17.7 Å². The van der Waals surface area contributed by atoms with Crippen LogP contribution in [0.4, 0.5) is 0 Å². The zero-order valence-electron chi connectivity index (χ0n) is 12.5. The van der Waals surface area contributed by atoms with Gasteiger partial charge in [-0.2, -0.15) is 0 Å². The third-order valence-corrected chi connectivity index (χ3v) is 4.56. The average molecular weight is 373 g/mol. The van der Waals surface area contributed by atoms with E-state index in [1.54, 1.807) is 30.0 Å². The molecule has 23 heavy (non-hydrogen) atoms. The van der Waals surface area contributed by atoms with Gasteiger partial charge >= 0.3 is 5.97 Å². The van der Waals surface area contributed by atoms with Crippen LogP contribution in [0.2, 0.25) is 10.0 Å². The highest BCUT2D eigenvalue weighted by Crippen LogP contribution is 2.28. The van der Waals surface area contributed by atoms with Crippen molar-refractivity contribution in [2.75, 3.05) is 6.54 Å². The van der Waals surface area contributed by atoms with Crippen molar-refractivity contribution in [2.24, 2.45) is 5.92 Å². The van der Waals surface area contributed by atoms with Gasteiger partial charge in [0.2, 0.25) is 0 Å². The number of aliphatic carboxylic acids is 1. The molecule has 1 N–H and O–H groups in total. The lowest BCUT2D eigenvalue weighted by Gasteiger charge is -2.25. The first-order chi connectivity index (χ1) is 10.9. The summed E-state index contributed by atoms with van der Waals surface area (Å²) in [7, 11) is 0. The fourth-order valence-corrected chi connectivity index (χ4v) is 3.15. The van der Waals surface area contributed by atoms with Gasteiger partial charge in [0.15, 0.2) is 0 Å². The number of carboxylic acids is 1. The molecule has 1 aliphatic heterocycles. The Labute approximate surface area is 150 Å². The number of carbonyl (C=O) groups is 1. The topological polar surface area (TPSA) is 40.5 Å². The van der Waals surface area contributed by atoms with Crippen LogP contribution in [-0.4, -0.2) is 22.5 Å². The second-order valence-corrected chi connectivity index (χ2v) is 6.43. The van der Waals surface area contributed by atoms with Gasteiger partial charge < -0.3 is 10.0 Å². The monoisotopic (exact) mass is 371 g/mol. The first-order valence-electron chi connectivity index (χ1n) is 7.05. The molecule has 0 aromatic heterocycles. The molecule has 0 amide bonds. The number of hydrogen-bond donors (Lipinski definition) is 1. The average Bonchev–Trinajstić information content (AvgIpc) is 2.53. The van der Waals surface area contributed by atoms with Gasteiger partial charge in [-0.3, -0.25) is 0 Å². The van der Waals surface area contributed by atoms with E-state index in [0.29, 0.717) is 23.1 Å². The van der Waals surface area contributed by atoms with E-state index in [2.05, 4.69) is 0 Å². The number of hydrogen-bond acceptors (Lipinski definition) is 2. The number of halogens is 3. The highest BCUT2D eigenvalue weighted by Gasteiger charge is 2.23. The highest BCUT2D eigenvalue weighted by atomic mass is 35.5. The molecule has 0 spiro atoms. The Morgan fingerprint density at radius 1 is 1.30 bits per heavy atom. The van der Waals surface area contributed by atoms with Crippen molar-refractivity contribution in [1.29, 1.82) is 0 Å². The summed E-state index contributed by atoms with van der Waals surface area (Å²) in [6, 6.07) is 5.21. The number of rotatable bonds is 3. The molecular formula is C17H16Cl3NO2. The quantitative estimate of drug-likeness (QED) is 0.751. The molecule has 0 saturated carbocycles. The van der Waals surface area contributed by atoms with Gasteiger partial charge in [-0.15, -0.1) is 0 Å². The SMILES string of the molecule is CC1/C=C\C=C/CN(Cc2ccc(Cl)cc2Cl)/C(Cl)=C\1C(=O)O. The second kappa shape index (κ2) is 7.91. The Morgan fingerprint density at radius 2 is 2.04 bits per heavy atom. The Bertz CT molecular complexity index is 695. The van der Waals surface area contributed by atoms with Crippen LogP contribution in [0.25, 0.3) is 0 Å². The fourth-order valence-electron chi connectivity index (χ4n) is 2.30. The van der Waals surface area contributed by atoms with Crippen molar-refractivity contribution in [2.45, 2.75) is 13.5 Å². The van der Waals surface area contributed by atoms with Crippen molar-refractivity contribution in [3.8, 4) is 0 Å². The van der Waals surface area contributed by atoms with E-state index in [4.69, 9.17) is 34.8 Å². The molecule has 2 rings (SSSR count). The lowest BCUT2D eigenvalue weighted by Crippen LogP contribution is -2.25. The third-order valence-electron chi connectivity index (χ3n) is 3.53. The standard InChI is InChI=1S/C17H16Cl3NO2/c1-11-5-3-2-4-8-21(16(20)15(11)17(22)23)10-12-6-7-13(18)9-14(12)19/h2-7,9,11H,8,10H2,1H3,(H,22,23)/b4-2-,5-3-,16-15+. The van der Waals surface area contributed by atoms with E-state index in [-0.39, 0.29) is 16.6 Å². The summed E-state index contributed by atoms with van der Waals surface area (Å²) in [6.07, 6.45) is 7.43. The second-order valence-electron chi connectivity index (χ2n) is 5.23. The maximum atomic E-state index is 11.6.